The summed E-state index contributed by atoms with van der Waals surface area (Å²) in [4.78, 5) is 0. The van der Waals surface area contributed by atoms with E-state index in [4.69, 9.17) is 32.4 Å². The Morgan fingerprint density at radius 2 is 2.00 bits per heavy atom. The van der Waals surface area contributed by atoms with Crippen LogP contribution in [0.4, 0.5) is 0 Å². The van der Waals surface area contributed by atoms with Crippen molar-refractivity contribution in [2.24, 2.45) is 0 Å². The van der Waals surface area contributed by atoms with E-state index in [0.29, 0.717) is 28.9 Å². The molecule has 0 aliphatic rings. The third kappa shape index (κ3) is 4.46. The quantitative estimate of drug-likeness (QED) is 0.807. The van der Waals surface area contributed by atoms with Crippen LogP contribution in [0.5, 0.6) is 5.75 Å². The van der Waals surface area contributed by atoms with E-state index in [1.807, 2.05) is 19.1 Å². The lowest BCUT2D eigenvalue weighted by atomic mass is 10.2. The van der Waals surface area contributed by atoms with Gasteiger partial charge in [0.2, 0.25) is 0 Å². The third-order valence-corrected chi connectivity index (χ3v) is 3.06. The van der Waals surface area contributed by atoms with Crippen molar-refractivity contribution in [3.05, 3.63) is 52.4 Å². The van der Waals surface area contributed by atoms with E-state index >= 15 is 0 Å². The van der Waals surface area contributed by atoms with E-state index in [-0.39, 0.29) is 6.04 Å². The number of ether oxygens (including phenoxy) is 1. The van der Waals surface area contributed by atoms with E-state index in [2.05, 4.69) is 5.32 Å². The zero-order valence-corrected chi connectivity index (χ0v) is 12.0. The maximum Gasteiger partial charge on any atom is 0.122 e. The number of halogens is 2. The molecule has 19 heavy (non-hydrogen) atoms. The molecule has 0 radical (unpaired) electrons. The number of furan rings is 1. The third-order valence-electron chi connectivity index (χ3n) is 2.63. The second kappa shape index (κ2) is 6.85. The van der Waals surface area contributed by atoms with Gasteiger partial charge in [-0.2, -0.15) is 0 Å². The van der Waals surface area contributed by atoms with E-state index in [1.54, 1.807) is 24.5 Å². The van der Waals surface area contributed by atoms with Gasteiger partial charge in [-0.05, 0) is 37.3 Å². The monoisotopic (exact) mass is 299 g/mol. The summed E-state index contributed by atoms with van der Waals surface area (Å²) < 4.78 is 10.9. The summed E-state index contributed by atoms with van der Waals surface area (Å²) in [5.41, 5.74) is 0. The van der Waals surface area contributed by atoms with Crippen LogP contribution in [-0.2, 0) is 0 Å². The van der Waals surface area contributed by atoms with Crippen LogP contribution in [0, 0.1) is 0 Å². The molecule has 5 heteroatoms. The van der Waals surface area contributed by atoms with Crippen molar-refractivity contribution in [2.75, 3.05) is 13.2 Å². The Morgan fingerprint density at radius 1 is 1.26 bits per heavy atom. The lowest BCUT2D eigenvalue weighted by Gasteiger charge is -2.12. The van der Waals surface area contributed by atoms with Crippen LogP contribution < -0.4 is 10.1 Å². The molecule has 3 nitrogen and oxygen atoms in total. The molecular formula is C14H15Cl2NO2. The summed E-state index contributed by atoms with van der Waals surface area (Å²) in [6.07, 6.45) is 1.66. The van der Waals surface area contributed by atoms with Crippen LogP contribution >= 0.6 is 23.2 Å². The number of rotatable bonds is 6. The van der Waals surface area contributed by atoms with E-state index in [0.717, 1.165) is 5.76 Å². The molecule has 102 valence electrons. The maximum atomic E-state index is 5.89. The molecule has 0 amide bonds. The van der Waals surface area contributed by atoms with E-state index < -0.39 is 0 Å². The highest BCUT2D eigenvalue weighted by Gasteiger charge is 2.06. The first-order valence-corrected chi connectivity index (χ1v) is 6.76. The Labute approximate surface area is 122 Å². The summed E-state index contributed by atoms with van der Waals surface area (Å²) in [7, 11) is 0. The van der Waals surface area contributed by atoms with Crippen molar-refractivity contribution in [1.82, 2.24) is 5.32 Å². The molecule has 0 bridgehead atoms. The molecule has 0 aliphatic carbocycles. The highest BCUT2D eigenvalue weighted by Crippen LogP contribution is 2.24. The largest absolute Gasteiger partial charge is 0.492 e. The zero-order chi connectivity index (χ0) is 13.7. The molecule has 0 saturated carbocycles. The molecule has 0 aliphatic heterocycles. The van der Waals surface area contributed by atoms with Crippen LogP contribution in [0.1, 0.15) is 18.7 Å². The zero-order valence-electron chi connectivity index (χ0n) is 10.5. The van der Waals surface area contributed by atoms with Gasteiger partial charge in [0.1, 0.15) is 18.1 Å². The molecule has 1 N–H and O–H groups in total. The Balaban J connectivity index is 1.75. The molecule has 2 aromatic rings. The SMILES string of the molecule is CC(NCCOc1cc(Cl)cc(Cl)c1)c1ccco1. The smallest absolute Gasteiger partial charge is 0.122 e. The highest BCUT2D eigenvalue weighted by molar-refractivity contribution is 6.34. The summed E-state index contributed by atoms with van der Waals surface area (Å²) in [6, 6.07) is 9.12. The number of benzene rings is 1. The number of nitrogens with one attached hydrogen (secondary N) is 1. The minimum atomic E-state index is 0.154. The van der Waals surface area contributed by atoms with Gasteiger partial charge >= 0.3 is 0 Å². The number of hydrogen-bond donors (Lipinski definition) is 1. The van der Waals surface area contributed by atoms with E-state index in [1.165, 1.54) is 0 Å². The van der Waals surface area contributed by atoms with Gasteiger partial charge in [-0.1, -0.05) is 23.2 Å². The topological polar surface area (TPSA) is 34.4 Å². The van der Waals surface area contributed by atoms with Gasteiger partial charge in [-0.15, -0.1) is 0 Å². The Kier molecular flexibility index (Phi) is 5.14. The molecule has 1 aromatic carbocycles. The minimum Gasteiger partial charge on any atom is -0.492 e. The van der Waals surface area contributed by atoms with Crippen molar-refractivity contribution in [3.63, 3.8) is 0 Å². The molecule has 0 fully saturated rings. The molecule has 2 rings (SSSR count). The Hall–Kier alpha value is -1.16. The van der Waals surface area contributed by atoms with Gasteiger partial charge in [0, 0.05) is 16.6 Å². The van der Waals surface area contributed by atoms with Crippen LogP contribution in [0.25, 0.3) is 0 Å². The first kappa shape index (κ1) is 14.3. The van der Waals surface area contributed by atoms with Gasteiger partial charge in [0.15, 0.2) is 0 Å². The predicted molar refractivity (Wildman–Crippen MR) is 77.1 cm³/mol. The summed E-state index contributed by atoms with van der Waals surface area (Å²) in [5, 5.41) is 4.44. The summed E-state index contributed by atoms with van der Waals surface area (Å²) in [6.45, 7) is 3.27. The number of hydrogen-bond acceptors (Lipinski definition) is 3. The second-order valence-corrected chi connectivity index (χ2v) is 5.02. The van der Waals surface area contributed by atoms with Gasteiger partial charge in [0.05, 0.1) is 12.3 Å². The highest BCUT2D eigenvalue weighted by atomic mass is 35.5. The van der Waals surface area contributed by atoms with Crippen molar-refractivity contribution in [3.8, 4) is 5.75 Å². The van der Waals surface area contributed by atoms with Crippen LogP contribution in [-0.4, -0.2) is 13.2 Å². The fourth-order valence-corrected chi connectivity index (χ4v) is 2.20. The van der Waals surface area contributed by atoms with Crippen molar-refractivity contribution in [1.29, 1.82) is 0 Å². The normalized spacial score (nSPS) is 12.4. The lowest BCUT2D eigenvalue weighted by Crippen LogP contribution is -2.24. The Morgan fingerprint density at radius 3 is 2.63 bits per heavy atom. The maximum absolute atomic E-state index is 5.89. The molecule has 0 saturated heterocycles. The van der Waals surface area contributed by atoms with Crippen LogP contribution in [0.3, 0.4) is 0 Å². The fraction of sp³-hybridized carbons (Fsp3) is 0.286. The summed E-state index contributed by atoms with van der Waals surface area (Å²) >= 11 is 11.8. The van der Waals surface area contributed by atoms with Gasteiger partial charge in [0.25, 0.3) is 0 Å². The molecule has 0 spiro atoms. The van der Waals surface area contributed by atoms with Gasteiger partial charge < -0.3 is 14.5 Å². The minimum absolute atomic E-state index is 0.154. The molecule has 1 unspecified atom stereocenters. The molecule has 1 atom stereocenters. The second-order valence-electron chi connectivity index (χ2n) is 4.14. The van der Waals surface area contributed by atoms with Crippen LogP contribution in [0.15, 0.2) is 41.0 Å². The van der Waals surface area contributed by atoms with Crippen molar-refractivity contribution < 1.29 is 9.15 Å². The van der Waals surface area contributed by atoms with Gasteiger partial charge in [-0.25, -0.2) is 0 Å². The lowest BCUT2D eigenvalue weighted by molar-refractivity contribution is 0.302. The van der Waals surface area contributed by atoms with Gasteiger partial charge in [-0.3, -0.25) is 0 Å². The average molecular weight is 300 g/mol. The standard InChI is InChI=1S/C14H15Cl2NO2/c1-10(14-3-2-5-19-14)17-4-6-18-13-8-11(15)7-12(16)9-13/h2-3,5,7-10,17H,4,6H2,1H3. The first-order valence-electron chi connectivity index (χ1n) is 6.01. The molecular weight excluding hydrogens is 285 g/mol. The average Bonchev–Trinajstić information content (AvgIpc) is 2.87. The first-order chi connectivity index (χ1) is 9.15. The summed E-state index contributed by atoms with van der Waals surface area (Å²) in [5.74, 6) is 1.58. The predicted octanol–water partition coefficient (Wildman–Crippen LogP) is 4.32. The Bertz CT molecular complexity index is 494. The van der Waals surface area contributed by atoms with Crippen molar-refractivity contribution >= 4 is 23.2 Å². The molecule has 1 aromatic heterocycles. The van der Waals surface area contributed by atoms with E-state index in [9.17, 15) is 0 Å². The fourth-order valence-electron chi connectivity index (χ4n) is 1.69. The van der Waals surface area contributed by atoms with Crippen molar-refractivity contribution in [2.45, 2.75) is 13.0 Å². The van der Waals surface area contributed by atoms with Crippen LogP contribution in [0.2, 0.25) is 10.0 Å². The molecule has 1 heterocycles.